The summed E-state index contributed by atoms with van der Waals surface area (Å²) in [6.07, 6.45) is 1.97. The number of ether oxygens (including phenoxy) is 1. The number of aromatic nitrogens is 2. The van der Waals surface area contributed by atoms with Gasteiger partial charge in [0.2, 0.25) is 0 Å². The molecule has 0 saturated heterocycles. The number of imidazole rings is 1. The van der Waals surface area contributed by atoms with Crippen LogP contribution in [0.1, 0.15) is 26.5 Å². The molecule has 0 amide bonds. The molecule has 3 nitrogen and oxygen atoms in total. The highest BCUT2D eigenvalue weighted by molar-refractivity contribution is 7.71. The van der Waals surface area contributed by atoms with Gasteiger partial charge in [-0.2, -0.15) is 0 Å². The first-order chi connectivity index (χ1) is 8.43. The van der Waals surface area contributed by atoms with E-state index >= 15 is 0 Å². The van der Waals surface area contributed by atoms with Gasteiger partial charge >= 0.3 is 0 Å². The van der Waals surface area contributed by atoms with Gasteiger partial charge in [-0.25, -0.2) is 0 Å². The summed E-state index contributed by atoms with van der Waals surface area (Å²) in [5.41, 5.74) is 2.20. The summed E-state index contributed by atoms with van der Waals surface area (Å²) in [7, 11) is 1.67. The van der Waals surface area contributed by atoms with Crippen molar-refractivity contribution in [3.63, 3.8) is 0 Å². The van der Waals surface area contributed by atoms with Crippen LogP contribution in [-0.2, 0) is 5.41 Å². The minimum Gasteiger partial charge on any atom is -0.497 e. The lowest BCUT2D eigenvalue weighted by Gasteiger charge is -2.21. The van der Waals surface area contributed by atoms with Crippen LogP contribution in [0, 0.1) is 4.77 Å². The van der Waals surface area contributed by atoms with E-state index in [1.54, 1.807) is 7.11 Å². The fourth-order valence-electron chi connectivity index (χ4n) is 1.93. The summed E-state index contributed by atoms with van der Waals surface area (Å²) in [4.78, 5) is 3.12. The van der Waals surface area contributed by atoms with E-state index < -0.39 is 0 Å². The van der Waals surface area contributed by atoms with E-state index in [0.717, 1.165) is 17.1 Å². The van der Waals surface area contributed by atoms with E-state index in [9.17, 15) is 0 Å². The molecule has 0 saturated carbocycles. The monoisotopic (exact) mass is 262 g/mol. The average molecular weight is 262 g/mol. The Morgan fingerprint density at radius 2 is 2.00 bits per heavy atom. The third kappa shape index (κ3) is 2.34. The van der Waals surface area contributed by atoms with E-state index in [1.165, 1.54) is 0 Å². The molecule has 0 aliphatic rings. The van der Waals surface area contributed by atoms with Crippen molar-refractivity contribution >= 4 is 12.2 Å². The largest absolute Gasteiger partial charge is 0.497 e. The van der Waals surface area contributed by atoms with Crippen LogP contribution in [0.15, 0.2) is 30.5 Å². The first-order valence-electron chi connectivity index (χ1n) is 5.89. The summed E-state index contributed by atoms with van der Waals surface area (Å²) >= 11 is 5.37. The number of aromatic amines is 1. The fourth-order valence-corrected chi connectivity index (χ4v) is 2.19. The number of nitrogens with one attached hydrogen (secondary N) is 1. The number of benzene rings is 1. The molecule has 2 rings (SSSR count). The van der Waals surface area contributed by atoms with Crippen molar-refractivity contribution in [3.8, 4) is 11.4 Å². The second-order valence-electron chi connectivity index (χ2n) is 5.27. The maximum atomic E-state index is 5.37. The molecule has 0 bridgehead atoms. The molecule has 0 atom stereocenters. The smallest absolute Gasteiger partial charge is 0.182 e. The van der Waals surface area contributed by atoms with Crippen LogP contribution in [0.2, 0.25) is 0 Å². The number of methoxy groups -OCH3 is 1. The Morgan fingerprint density at radius 1 is 1.28 bits per heavy atom. The van der Waals surface area contributed by atoms with Crippen molar-refractivity contribution in [1.29, 1.82) is 0 Å². The number of H-pyrrole nitrogens is 1. The number of nitrogens with zero attached hydrogens (tertiary/aromatic N) is 1. The second kappa shape index (κ2) is 4.61. The van der Waals surface area contributed by atoms with Crippen molar-refractivity contribution in [2.24, 2.45) is 0 Å². The third-order valence-corrected chi connectivity index (χ3v) is 3.16. The standard InChI is InChI=1S/C14H18N2OS/c1-14(2,3)12-9-15-13(18)16(12)10-6-5-7-11(8-10)17-4/h5-9H,1-4H3,(H,15,18). The van der Waals surface area contributed by atoms with Gasteiger partial charge < -0.3 is 9.72 Å². The number of hydrogen-bond acceptors (Lipinski definition) is 2. The van der Waals surface area contributed by atoms with Crippen LogP contribution in [-0.4, -0.2) is 16.7 Å². The molecular formula is C14H18N2OS. The van der Waals surface area contributed by atoms with Crippen LogP contribution >= 0.6 is 12.2 Å². The zero-order valence-corrected chi connectivity index (χ0v) is 12.0. The molecular weight excluding hydrogens is 244 g/mol. The molecule has 4 heteroatoms. The van der Waals surface area contributed by atoms with Crippen molar-refractivity contribution in [2.45, 2.75) is 26.2 Å². The molecule has 0 aliphatic carbocycles. The highest BCUT2D eigenvalue weighted by Gasteiger charge is 2.20. The molecule has 0 radical (unpaired) electrons. The molecule has 1 aromatic heterocycles. The van der Waals surface area contributed by atoms with Gasteiger partial charge in [-0.05, 0) is 24.4 Å². The average Bonchev–Trinajstić information content (AvgIpc) is 2.71. The van der Waals surface area contributed by atoms with Gasteiger partial charge in [0, 0.05) is 23.4 Å². The van der Waals surface area contributed by atoms with Crippen molar-refractivity contribution < 1.29 is 4.74 Å². The molecule has 0 aliphatic heterocycles. The Balaban J connectivity index is 2.63. The minimum atomic E-state index is 0.0244. The van der Waals surface area contributed by atoms with Gasteiger partial charge in [0.25, 0.3) is 0 Å². The second-order valence-corrected chi connectivity index (χ2v) is 5.65. The van der Waals surface area contributed by atoms with E-state index in [4.69, 9.17) is 17.0 Å². The summed E-state index contributed by atoms with van der Waals surface area (Å²) < 4.78 is 8.02. The molecule has 1 heterocycles. The Hall–Kier alpha value is -1.55. The van der Waals surface area contributed by atoms with Crippen molar-refractivity contribution in [1.82, 2.24) is 9.55 Å². The molecule has 2 aromatic rings. The number of rotatable bonds is 2. The van der Waals surface area contributed by atoms with Crippen molar-refractivity contribution in [2.75, 3.05) is 7.11 Å². The Morgan fingerprint density at radius 3 is 2.61 bits per heavy atom. The number of hydrogen-bond donors (Lipinski definition) is 1. The molecule has 1 N–H and O–H groups in total. The van der Waals surface area contributed by atoms with E-state index in [1.807, 2.05) is 30.5 Å². The lowest BCUT2D eigenvalue weighted by molar-refractivity contribution is 0.414. The Labute approximate surface area is 112 Å². The van der Waals surface area contributed by atoms with Gasteiger partial charge in [-0.15, -0.1) is 0 Å². The zero-order valence-electron chi connectivity index (χ0n) is 11.2. The van der Waals surface area contributed by atoms with Crippen LogP contribution < -0.4 is 4.74 Å². The highest BCUT2D eigenvalue weighted by Crippen LogP contribution is 2.26. The van der Waals surface area contributed by atoms with E-state index in [2.05, 4.69) is 30.3 Å². The fraction of sp³-hybridized carbons (Fsp3) is 0.357. The zero-order chi connectivity index (χ0) is 13.3. The third-order valence-electron chi connectivity index (χ3n) is 2.86. The van der Waals surface area contributed by atoms with Crippen LogP contribution in [0.25, 0.3) is 5.69 Å². The normalized spacial score (nSPS) is 11.6. The van der Waals surface area contributed by atoms with E-state index in [0.29, 0.717) is 4.77 Å². The summed E-state index contributed by atoms with van der Waals surface area (Å²) in [5, 5.41) is 0. The molecule has 18 heavy (non-hydrogen) atoms. The highest BCUT2D eigenvalue weighted by atomic mass is 32.1. The summed E-state index contributed by atoms with van der Waals surface area (Å²) in [5.74, 6) is 0.829. The predicted molar refractivity (Wildman–Crippen MR) is 76.2 cm³/mol. The topological polar surface area (TPSA) is 29.9 Å². The van der Waals surface area contributed by atoms with Gasteiger partial charge in [0.15, 0.2) is 4.77 Å². The van der Waals surface area contributed by atoms with Crippen molar-refractivity contribution in [3.05, 3.63) is 40.9 Å². The van der Waals surface area contributed by atoms with E-state index in [-0.39, 0.29) is 5.41 Å². The molecule has 0 fully saturated rings. The quantitative estimate of drug-likeness (QED) is 0.833. The van der Waals surface area contributed by atoms with Crippen LogP contribution in [0.3, 0.4) is 0 Å². The molecule has 1 aromatic carbocycles. The summed E-state index contributed by atoms with van der Waals surface area (Å²) in [6.45, 7) is 6.50. The maximum absolute atomic E-state index is 5.37. The first kappa shape index (κ1) is 12.9. The SMILES string of the molecule is COc1cccc(-n2c(C(C)(C)C)c[nH]c2=S)c1. The van der Waals surface area contributed by atoms with Gasteiger partial charge in [0.05, 0.1) is 12.8 Å². The Kier molecular flexibility index (Phi) is 3.30. The van der Waals surface area contributed by atoms with Crippen LogP contribution in [0.4, 0.5) is 0 Å². The molecule has 0 spiro atoms. The predicted octanol–water partition coefficient (Wildman–Crippen LogP) is 3.84. The first-order valence-corrected chi connectivity index (χ1v) is 6.29. The molecule has 96 valence electrons. The lowest BCUT2D eigenvalue weighted by Crippen LogP contribution is -2.16. The van der Waals surface area contributed by atoms with Gasteiger partial charge in [-0.3, -0.25) is 4.57 Å². The van der Waals surface area contributed by atoms with Gasteiger partial charge in [-0.1, -0.05) is 26.8 Å². The minimum absolute atomic E-state index is 0.0244. The van der Waals surface area contributed by atoms with Gasteiger partial charge in [0.1, 0.15) is 5.75 Å². The molecule has 0 unspecified atom stereocenters. The maximum Gasteiger partial charge on any atom is 0.182 e. The summed E-state index contributed by atoms with van der Waals surface area (Å²) in [6, 6.07) is 7.91. The lowest BCUT2D eigenvalue weighted by atomic mass is 9.92. The van der Waals surface area contributed by atoms with Crippen LogP contribution in [0.5, 0.6) is 5.75 Å². The Bertz CT molecular complexity index is 605.